The Bertz CT molecular complexity index is 725. The Morgan fingerprint density at radius 3 is 2.72 bits per heavy atom. The molecule has 2 heterocycles. The lowest BCUT2D eigenvalue weighted by Crippen LogP contribution is -1.93. The van der Waals surface area contributed by atoms with Crippen LogP contribution in [0.15, 0.2) is 12.4 Å². The van der Waals surface area contributed by atoms with Crippen LogP contribution in [0.25, 0.3) is 15.5 Å². The summed E-state index contributed by atoms with van der Waals surface area (Å²) >= 11 is 0.932. The number of phenolic OH excluding ortho intramolecular Hbond substituents is 1. The van der Waals surface area contributed by atoms with Gasteiger partial charge in [-0.2, -0.15) is 14.0 Å². The molecule has 0 saturated heterocycles. The first-order chi connectivity index (χ1) is 8.58. The van der Waals surface area contributed by atoms with Gasteiger partial charge in [-0.15, -0.1) is 10.2 Å². The van der Waals surface area contributed by atoms with E-state index in [2.05, 4.69) is 15.3 Å². The third-order valence-electron chi connectivity index (χ3n) is 2.25. The zero-order valence-electron chi connectivity index (χ0n) is 8.43. The Morgan fingerprint density at radius 2 is 2.00 bits per heavy atom. The summed E-state index contributed by atoms with van der Waals surface area (Å²) in [4.78, 5) is 0.369. The number of nitrogens with zero attached hydrogens (tertiary/aromatic N) is 4. The average Bonchev–Trinajstić information content (AvgIpc) is 2.91. The van der Waals surface area contributed by atoms with Crippen molar-refractivity contribution in [1.29, 1.82) is 0 Å². The van der Waals surface area contributed by atoms with Crippen LogP contribution in [0.2, 0.25) is 0 Å². The summed E-state index contributed by atoms with van der Waals surface area (Å²) in [5.74, 6) is -5.61. The van der Waals surface area contributed by atoms with E-state index in [1.165, 1.54) is 10.8 Å². The average molecular weight is 272 g/mol. The molecule has 1 aromatic carbocycles. The molecule has 18 heavy (non-hydrogen) atoms. The minimum Gasteiger partial charge on any atom is -0.503 e. The van der Waals surface area contributed by atoms with Crippen molar-refractivity contribution in [2.45, 2.75) is 0 Å². The second-order valence-corrected chi connectivity index (χ2v) is 4.30. The van der Waals surface area contributed by atoms with Gasteiger partial charge in [0.15, 0.2) is 22.4 Å². The molecule has 0 aliphatic heterocycles. The van der Waals surface area contributed by atoms with Gasteiger partial charge in [-0.3, -0.25) is 0 Å². The summed E-state index contributed by atoms with van der Waals surface area (Å²) in [5.41, 5.74) is -0.332. The van der Waals surface area contributed by atoms with Gasteiger partial charge in [0.2, 0.25) is 10.8 Å². The summed E-state index contributed by atoms with van der Waals surface area (Å²) in [7, 11) is 0. The number of aromatic nitrogens is 4. The SMILES string of the molecule is Oc1c(F)c(F)cc(-c2nn3cnnc3s2)c1F. The van der Waals surface area contributed by atoms with E-state index >= 15 is 0 Å². The first-order valence-corrected chi connectivity index (χ1v) is 5.43. The topological polar surface area (TPSA) is 63.3 Å². The molecule has 5 nitrogen and oxygen atoms in total. The number of halogens is 3. The first-order valence-electron chi connectivity index (χ1n) is 4.61. The Balaban J connectivity index is 2.26. The second-order valence-electron chi connectivity index (χ2n) is 3.35. The summed E-state index contributed by atoms with van der Waals surface area (Å²) in [5, 5.41) is 20.3. The van der Waals surface area contributed by atoms with Gasteiger partial charge in [-0.05, 0) is 6.07 Å². The minimum absolute atomic E-state index is 0.0617. The fourth-order valence-electron chi connectivity index (χ4n) is 1.41. The monoisotopic (exact) mass is 272 g/mol. The lowest BCUT2D eigenvalue weighted by Gasteiger charge is -2.03. The largest absolute Gasteiger partial charge is 0.503 e. The number of aromatic hydroxyl groups is 1. The molecular formula is C9H3F3N4OS. The molecule has 0 saturated carbocycles. The maximum Gasteiger partial charge on any atom is 0.234 e. The normalized spacial score (nSPS) is 11.3. The molecule has 0 radical (unpaired) electrons. The molecule has 3 aromatic rings. The fourth-order valence-corrected chi connectivity index (χ4v) is 2.24. The van der Waals surface area contributed by atoms with E-state index in [1.807, 2.05) is 0 Å². The van der Waals surface area contributed by atoms with Crippen LogP contribution >= 0.6 is 11.3 Å². The summed E-state index contributed by atoms with van der Waals surface area (Å²) in [6.07, 6.45) is 1.28. The van der Waals surface area contributed by atoms with E-state index in [-0.39, 0.29) is 10.6 Å². The van der Waals surface area contributed by atoms with Gasteiger partial charge in [-0.1, -0.05) is 11.3 Å². The van der Waals surface area contributed by atoms with Crippen molar-refractivity contribution in [1.82, 2.24) is 19.8 Å². The van der Waals surface area contributed by atoms with E-state index in [9.17, 15) is 13.2 Å². The number of fused-ring (bicyclic) bond motifs is 1. The highest BCUT2D eigenvalue weighted by Crippen LogP contribution is 2.34. The zero-order valence-corrected chi connectivity index (χ0v) is 9.25. The van der Waals surface area contributed by atoms with E-state index in [0.29, 0.717) is 11.0 Å². The molecule has 0 atom stereocenters. The van der Waals surface area contributed by atoms with Gasteiger partial charge in [0.1, 0.15) is 6.33 Å². The first kappa shape index (κ1) is 11.0. The van der Waals surface area contributed by atoms with Crippen LogP contribution in [-0.4, -0.2) is 24.9 Å². The Kier molecular flexibility index (Phi) is 2.23. The number of benzene rings is 1. The van der Waals surface area contributed by atoms with E-state index in [0.717, 1.165) is 11.3 Å². The van der Waals surface area contributed by atoms with Crippen LogP contribution in [0.5, 0.6) is 5.75 Å². The molecule has 0 aliphatic carbocycles. The Morgan fingerprint density at radius 1 is 1.22 bits per heavy atom. The quantitative estimate of drug-likeness (QED) is 0.688. The van der Waals surface area contributed by atoms with E-state index < -0.39 is 23.2 Å². The van der Waals surface area contributed by atoms with Gasteiger partial charge < -0.3 is 5.11 Å². The molecule has 92 valence electrons. The fraction of sp³-hybridized carbons (Fsp3) is 0. The predicted molar refractivity (Wildman–Crippen MR) is 55.6 cm³/mol. The van der Waals surface area contributed by atoms with Gasteiger partial charge >= 0.3 is 0 Å². The molecule has 0 aliphatic rings. The molecule has 9 heteroatoms. The maximum absolute atomic E-state index is 13.6. The van der Waals surface area contributed by atoms with Crippen LogP contribution < -0.4 is 0 Å². The van der Waals surface area contributed by atoms with E-state index in [1.54, 1.807) is 0 Å². The highest BCUT2D eigenvalue weighted by molar-refractivity contribution is 7.19. The summed E-state index contributed by atoms with van der Waals surface area (Å²) in [6.45, 7) is 0. The second kappa shape index (κ2) is 3.67. The van der Waals surface area contributed by atoms with Crippen molar-refractivity contribution in [2.75, 3.05) is 0 Å². The molecule has 3 rings (SSSR count). The standard InChI is InChI=1S/C9H3F3N4OS/c10-4-1-3(5(11)7(17)6(4)12)8-15-16-2-13-14-9(16)18-8/h1-2,17H. The Hall–Kier alpha value is -2.16. The third kappa shape index (κ3) is 1.44. The number of phenols is 1. The highest BCUT2D eigenvalue weighted by atomic mass is 32.1. The molecule has 0 unspecified atom stereocenters. The smallest absolute Gasteiger partial charge is 0.234 e. The lowest BCUT2D eigenvalue weighted by atomic mass is 10.2. The van der Waals surface area contributed by atoms with Crippen LogP contribution in [0, 0.1) is 17.5 Å². The number of hydrogen-bond acceptors (Lipinski definition) is 5. The predicted octanol–water partition coefficient (Wildman–Crippen LogP) is 1.98. The minimum atomic E-state index is -1.63. The molecule has 0 amide bonds. The summed E-state index contributed by atoms with van der Waals surface area (Å²) in [6, 6.07) is 0.635. The van der Waals surface area contributed by atoms with Gasteiger partial charge in [0.05, 0.1) is 5.56 Å². The molecule has 2 aromatic heterocycles. The van der Waals surface area contributed by atoms with Crippen LogP contribution in [0.4, 0.5) is 13.2 Å². The van der Waals surface area contributed by atoms with Gasteiger partial charge in [0, 0.05) is 0 Å². The lowest BCUT2D eigenvalue weighted by molar-refractivity contribution is 0.377. The Labute approximate surface area is 101 Å². The summed E-state index contributed by atoms with van der Waals surface area (Å²) < 4.78 is 40.9. The van der Waals surface area contributed by atoms with Crippen LogP contribution in [0.3, 0.4) is 0 Å². The molecule has 1 N–H and O–H groups in total. The van der Waals surface area contributed by atoms with Crippen LogP contribution in [0.1, 0.15) is 0 Å². The maximum atomic E-state index is 13.6. The van der Waals surface area contributed by atoms with Crippen molar-refractivity contribution >= 4 is 16.3 Å². The van der Waals surface area contributed by atoms with Crippen molar-refractivity contribution in [2.24, 2.45) is 0 Å². The molecule has 0 bridgehead atoms. The third-order valence-corrected chi connectivity index (χ3v) is 3.20. The van der Waals surface area contributed by atoms with Crippen LogP contribution in [-0.2, 0) is 0 Å². The highest BCUT2D eigenvalue weighted by Gasteiger charge is 2.21. The zero-order chi connectivity index (χ0) is 12.9. The van der Waals surface area contributed by atoms with Crippen molar-refractivity contribution in [3.8, 4) is 16.3 Å². The molecule has 0 fully saturated rings. The number of hydrogen-bond donors (Lipinski definition) is 1. The van der Waals surface area contributed by atoms with Gasteiger partial charge in [-0.25, -0.2) is 8.78 Å². The molecule has 0 spiro atoms. The van der Waals surface area contributed by atoms with Gasteiger partial charge in [0.25, 0.3) is 0 Å². The van der Waals surface area contributed by atoms with Crippen molar-refractivity contribution < 1.29 is 18.3 Å². The van der Waals surface area contributed by atoms with E-state index in [4.69, 9.17) is 5.11 Å². The molecular weight excluding hydrogens is 269 g/mol. The number of rotatable bonds is 1. The van der Waals surface area contributed by atoms with Crippen molar-refractivity contribution in [3.05, 3.63) is 29.8 Å². The van der Waals surface area contributed by atoms with Crippen molar-refractivity contribution in [3.63, 3.8) is 0 Å².